The Balaban J connectivity index is 2.17. The van der Waals surface area contributed by atoms with E-state index in [2.05, 4.69) is 9.17 Å². The van der Waals surface area contributed by atoms with Crippen molar-refractivity contribution in [3.8, 4) is 27.4 Å². The molecule has 0 fully saturated rings. The first-order valence-electron chi connectivity index (χ1n) is 7.08. The lowest BCUT2D eigenvalue weighted by atomic mass is 9.98. The third-order valence-corrected chi connectivity index (χ3v) is 5.14. The number of nitrogens with two attached hydrogens (primary N) is 1. The second-order valence-corrected chi connectivity index (χ2v) is 7.55. The summed E-state index contributed by atoms with van der Waals surface area (Å²) in [7, 11) is -5.81. The van der Waals surface area contributed by atoms with Crippen molar-refractivity contribution < 1.29 is 25.8 Å². The molecule has 136 valence electrons. The van der Waals surface area contributed by atoms with Crippen LogP contribution in [0, 0.1) is 0 Å². The topological polar surface area (TPSA) is 82.3 Å². The third kappa shape index (κ3) is 3.51. The van der Waals surface area contributed by atoms with Crippen LogP contribution in [0.5, 0.6) is 5.75 Å². The van der Waals surface area contributed by atoms with Gasteiger partial charge in [0.2, 0.25) is 0 Å². The lowest BCUT2D eigenvalue weighted by molar-refractivity contribution is -0.0499. The molecular formula is C16H11F3N2O3S2. The van der Waals surface area contributed by atoms with E-state index in [1.165, 1.54) is 23.5 Å². The summed E-state index contributed by atoms with van der Waals surface area (Å²) >= 11 is 1.33. The number of hydrogen-bond acceptors (Lipinski definition) is 6. The van der Waals surface area contributed by atoms with Crippen LogP contribution in [0.15, 0.2) is 54.0 Å². The average molecular weight is 400 g/mol. The highest BCUT2D eigenvalue weighted by Gasteiger charge is 2.48. The Morgan fingerprint density at radius 2 is 1.73 bits per heavy atom. The summed E-state index contributed by atoms with van der Waals surface area (Å²) in [6.07, 6.45) is 1.58. The van der Waals surface area contributed by atoms with Gasteiger partial charge in [-0.3, -0.25) is 0 Å². The number of rotatable bonds is 4. The second kappa shape index (κ2) is 6.61. The maximum atomic E-state index is 12.7. The van der Waals surface area contributed by atoms with Crippen molar-refractivity contribution in [2.24, 2.45) is 0 Å². The van der Waals surface area contributed by atoms with Gasteiger partial charge in [0, 0.05) is 28.4 Å². The van der Waals surface area contributed by atoms with E-state index < -0.39 is 21.4 Å². The van der Waals surface area contributed by atoms with Gasteiger partial charge in [-0.05, 0) is 23.8 Å². The van der Waals surface area contributed by atoms with E-state index in [0.29, 0.717) is 16.1 Å². The summed E-state index contributed by atoms with van der Waals surface area (Å²) in [5.74, 6) is -0.472. The van der Waals surface area contributed by atoms with Crippen LogP contribution < -0.4 is 9.92 Å². The van der Waals surface area contributed by atoms with E-state index in [0.717, 1.165) is 6.07 Å². The minimum Gasteiger partial charge on any atom is -0.399 e. The van der Waals surface area contributed by atoms with E-state index in [1.807, 2.05) is 0 Å². The highest BCUT2D eigenvalue weighted by atomic mass is 32.2. The van der Waals surface area contributed by atoms with Crippen molar-refractivity contribution in [3.63, 3.8) is 0 Å². The minimum atomic E-state index is -5.81. The van der Waals surface area contributed by atoms with E-state index >= 15 is 0 Å². The summed E-state index contributed by atoms with van der Waals surface area (Å²) in [6, 6.07) is 10.5. The van der Waals surface area contributed by atoms with Crippen molar-refractivity contribution in [1.29, 1.82) is 0 Å². The Kier molecular flexibility index (Phi) is 4.63. The molecule has 0 radical (unpaired) electrons. The SMILES string of the molecule is Nc1ccc(OS(=O)(=O)C(F)(F)F)c(-c2ccccc2-c2nccs2)c1. The van der Waals surface area contributed by atoms with E-state index in [-0.39, 0.29) is 11.3 Å². The fraction of sp³-hybridized carbons (Fsp3) is 0.0625. The van der Waals surface area contributed by atoms with Crippen molar-refractivity contribution >= 4 is 27.1 Å². The van der Waals surface area contributed by atoms with Gasteiger partial charge in [-0.2, -0.15) is 21.6 Å². The van der Waals surface area contributed by atoms with Gasteiger partial charge in [-0.1, -0.05) is 24.3 Å². The van der Waals surface area contributed by atoms with Crippen molar-refractivity contribution in [2.75, 3.05) is 5.73 Å². The number of halogens is 3. The molecule has 26 heavy (non-hydrogen) atoms. The number of anilines is 1. The van der Waals surface area contributed by atoms with Crippen LogP contribution in [0.1, 0.15) is 0 Å². The zero-order valence-corrected chi connectivity index (χ0v) is 14.5. The molecule has 1 heterocycles. The zero-order valence-electron chi connectivity index (χ0n) is 12.9. The van der Waals surface area contributed by atoms with Crippen LogP contribution >= 0.6 is 11.3 Å². The van der Waals surface area contributed by atoms with Gasteiger partial charge in [-0.25, -0.2) is 4.98 Å². The normalized spacial score (nSPS) is 12.1. The standard InChI is InChI=1S/C16H11F3N2O3S2/c17-16(18,19)26(22,23)24-14-6-5-10(20)9-13(14)11-3-1-2-4-12(11)15-21-7-8-25-15/h1-9H,20H2. The molecule has 0 aliphatic rings. The molecule has 2 aromatic carbocycles. The molecule has 0 unspecified atom stereocenters. The fourth-order valence-corrected chi connectivity index (χ4v) is 3.41. The molecule has 0 aliphatic heterocycles. The van der Waals surface area contributed by atoms with E-state index in [9.17, 15) is 21.6 Å². The highest BCUT2D eigenvalue weighted by molar-refractivity contribution is 7.88. The van der Waals surface area contributed by atoms with E-state index in [4.69, 9.17) is 5.73 Å². The summed E-state index contributed by atoms with van der Waals surface area (Å²) < 4.78 is 65.3. The predicted octanol–water partition coefficient (Wildman–Crippen LogP) is 4.29. The predicted molar refractivity (Wildman–Crippen MR) is 93.0 cm³/mol. The highest BCUT2D eigenvalue weighted by Crippen LogP contribution is 2.40. The molecule has 0 saturated carbocycles. The molecule has 0 atom stereocenters. The molecule has 0 aliphatic carbocycles. The average Bonchev–Trinajstić information content (AvgIpc) is 3.10. The molecule has 2 N–H and O–H groups in total. The Bertz CT molecular complexity index is 1030. The Morgan fingerprint density at radius 1 is 1.04 bits per heavy atom. The van der Waals surface area contributed by atoms with Gasteiger partial charge >= 0.3 is 15.6 Å². The number of thiazole rings is 1. The van der Waals surface area contributed by atoms with Gasteiger partial charge in [0.25, 0.3) is 0 Å². The molecule has 0 amide bonds. The third-order valence-electron chi connectivity index (χ3n) is 3.37. The Morgan fingerprint density at radius 3 is 2.35 bits per heavy atom. The molecular weight excluding hydrogens is 389 g/mol. The molecule has 0 saturated heterocycles. The number of alkyl halides is 3. The van der Waals surface area contributed by atoms with Gasteiger partial charge in [-0.15, -0.1) is 11.3 Å². The van der Waals surface area contributed by atoms with Crippen LogP contribution in [0.3, 0.4) is 0 Å². The van der Waals surface area contributed by atoms with Crippen LogP contribution in [0.4, 0.5) is 18.9 Å². The van der Waals surface area contributed by atoms with Crippen molar-refractivity contribution in [3.05, 3.63) is 54.0 Å². The lowest BCUT2D eigenvalue weighted by Crippen LogP contribution is -2.28. The van der Waals surface area contributed by atoms with Crippen LogP contribution in [-0.4, -0.2) is 18.9 Å². The van der Waals surface area contributed by atoms with Gasteiger partial charge in [0.1, 0.15) is 5.01 Å². The summed E-state index contributed by atoms with van der Waals surface area (Å²) in [6.45, 7) is 0. The summed E-state index contributed by atoms with van der Waals surface area (Å²) in [5, 5.41) is 2.37. The molecule has 0 spiro atoms. The minimum absolute atomic E-state index is 0.114. The Labute approximate surface area is 151 Å². The van der Waals surface area contributed by atoms with Crippen LogP contribution in [-0.2, 0) is 10.1 Å². The molecule has 1 aromatic heterocycles. The van der Waals surface area contributed by atoms with Crippen LogP contribution in [0.2, 0.25) is 0 Å². The largest absolute Gasteiger partial charge is 0.534 e. The van der Waals surface area contributed by atoms with E-state index in [1.54, 1.807) is 35.8 Å². The number of aromatic nitrogens is 1. The van der Waals surface area contributed by atoms with Gasteiger partial charge < -0.3 is 9.92 Å². The monoisotopic (exact) mass is 400 g/mol. The molecule has 3 rings (SSSR count). The number of hydrogen-bond donors (Lipinski definition) is 1. The molecule has 10 heteroatoms. The fourth-order valence-electron chi connectivity index (χ4n) is 2.26. The molecule has 5 nitrogen and oxygen atoms in total. The zero-order chi connectivity index (χ0) is 18.9. The molecule has 0 bridgehead atoms. The lowest BCUT2D eigenvalue weighted by Gasteiger charge is -2.15. The first-order chi connectivity index (χ1) is 12.2. The van der Waals surface area contributed by atoms with Gasteiger partial charge in [0.15, 0.2) is 5.75 Å². The molecule has 3 aromatic rings. The Hall–Kier alpha value is -2.59. The smallest absolute Gasteiger partial charge is 0.399 e. The summed E-state index contributed by atoms with van der Waals surface area (Å²) in [4.78, 5) is 4.19. The number of benzene rings is 2. The van der Waals surface area contributed by atoms with Crippen molar-refractivity contribution in [1.82, 2.24) is 4.98 Å². The first kappa shape index (κ1) is 18.2. The maximum Gasteiger partial charge on any atom is 0.534 e. The number of nitrogen functional groups attached to an aromatic ring is 1. The second-order valence-electron chi connectivity index (χ2n) is 5.12. The quantitative estimate of drug-likeness (QED) is 0.401. The number of nitrogens with zero attached hydrogens (tertiary/aromatic N) is 1. The maximum absolute atomic E-state index is 12.7. The summed E-state index contributed by atoms with van der Waals surface area (Å²) in [5.41, 5.74) is 1.62. The van der Waals surface area contributed by atoms with Crippen molar-refractivity contribution in [2.45, 2.75) is 5.51 Å². The first-order valence-corrected chi connectivity index (χ1v) is 9.37. The van der Waals surface area contributed by atoms with Gasteiger partial charge in [0.05, 0.1) is 0 Å². The van der Waals surface area contributed by atoms with Crippen LogP contribution in [0.25, 0.3) is 21.7 Å².